The molecule has 0 aliphatic rings. The Morgan fingerprint density at radius 2 is 1.92 bits per heavy atom. The van der Waals surface area contributed by atoms with Gasteiger partial charge in [-0.2, -0.15) is 0 Å². The lowest BCUT2D eigenvalue weighted by Gasteiger charge is -1.93. The van der Waals surface area contributed by atoms with Crippen molar-refractivity contribution >= 4 is 5.97 Å². The van der Waals surface area contributed by atoms with Crippen LogP contribution in [0.5, 0.6) is 0 Å². The molecule has 3 heteroatoms. The van der Waals surface area contributed by atoms with Gasteiger partial charge >= 0.3 is 5.97 Å². The van der Waals surface area contributed by atoms with Gasteiger partial charge in [0.05, 0.1) is 19.1 Å². The molecule has 1 aromatic heterocycles. The molecule has 0 atom stereocenters. The lowest BCUT2D eigenvalue weighted by atomic mass is 10.5. The van der Waals surface area contributed by atoms with Crippen LogP contribution in [0.3, 0.4) is 0 Å². The van der Waals surface area contributed by atoms with Crippen molar-refractivity contribution in [1.29, 1.82) is 0 Å². The van der Waals surface area contributed by atoms with Crippen molar-refractivity contribution in [2.75, 3.05) is 6.61 Å². The molecule has 0 aromatic carbocycles. The third-order valence-corrected chi connectivity index (χ3v) is 1.02. The number of rotatable bonds is 2. The van der Waals surface area contributed by atoms with Gasteiger partial charge in [0.25, 0.3) is 0 Å². The Bertz CT molecular complexity index is 162. The van der Waals surface area contributed by atoms with Gasteiger partial charge in [-0.15, -0.1) is 0 Å². The molecule has 1 rings (SSSR count). The molecule has 3 nitrogen and oxygen atoms in total. The zero-order valence-electron chi connectivity index (χ0n) is 7.45. The number of furan rings is 1. The Balaban J connectivity index is 0.000000211. The first-order valence-electron chi connectivity index (χ1n) is 3.94. The van der Waals surface area contributed by atoms with Gasteiger partial charge in [-0.3, -0.25) is 4.79 Å². The van der Waals surface area contributed by atoms with Crippen molar-refractivity contribution in [1.82, 2.24) is 0 Å². The number of hydrogen-bond acceptors (Lipinski definition) is 3. The molecule has 0 saturated carbocycles. The van der Waals surface area contributed by atoms with E-state index in [2.05, 4.69) is 9.15 Å². The van der Waals surface area contributed by atoms with Gasteiger partial charge < -0.3 is 9.15 Å². The van der Waals surface area contributed by atoms with E-state index in [0.29, 0.717) is 13.0 Å². The summed E-state index contributed by atoms with van der Waals surface area (Å²) in [5.41, 5.74) is 0. The van der Waals surface area contributed by atoms with Gasteiger partial charge in [0.15, 0.2) is 0 Å². The van der Waals surface area contributed by atoms with E-state index in [-0.39, 0.29) is 5.97 Å². The lowest BCUT2D eigenvalue weighted by molar-refractivity contribution is -0.142. The van der Waals surface area contributed by atoms with Gasteiger partial charge in [0, 0.05) is 6.42 Å². The normalized spacial score (nSPS) is 8.17. The molecule has 0 saturated heterocycles. The number of ether oxygens (including phenoxy) is 1. The maximum absolute atomic E-state index is 10.2. The maximum Gasteiger partial charge on any atom is 0.305 e. The van der Waals surface area contributed by atoms with E-state index in [1.54, 1.807) is 26.4 Å². The largest absolute Gasteiger partial charge is 0.473 e. The van der Waals surface area contributed by atoms with Crippen molar-refractivity contribution in [3.8, 4) is 0 Å². The second-order valence-corrected chi connectivity index (χ2v) is 1.95. The first-order valence-corrected chi connectivity index (χ1v) is 3.94. The van der Waals surface area contributed by atoms with Gasteiger partial charge in [-0.25, -0.2) is 0 Å². The summed E-state index contributed by atoms with van der Waals surface area (Å²) < 4.78 is 9.14. The minimum absolute atomic E-state index is 0.123. The zero-order valence-corrected chi connectivity index (χ0v) is 7.45. The van der Waals surface area contributed by atoms with Crippen molar-refractivity contribution < 1.29 is 13.9 Å². The van der Waals surface area contributed by atoms with Crippen molar-refractivity contribution in [3.05, 3.63) is 24.7 Å². The van der Waals surface area contributed by atoms with E-state index in [0.717, 1.165) is 0 Å². The zero-order chi connectivity index (χ0) is 9.23. The van der Waals surface area contributed by atoms with Crippen LogP contribution in [0.1, 0.15) is 20.3 Å². The minimum Gasteiger partial charge on any atom is -0.473 e. The van der Waals surface area contributed by atoms with Crippen LogP contribution in [-0.2, 0) is 9.53 Å². The average molecular weight is 170 g/mol. The summed E-state index contributed by atoms with van der Waals surface area (Å²) in [6.07, 6.45) is 3.73. The van der Waals surface area contributed by atoms with Crippen LogP contribution < -0.4 is 0 Å². The van der Waals surface area contributed by atoms with Crippen LogP contribution in [-0.4, -0.2) is 12.6 Å². The smallest absolute Gasteiger partial charge is 0.305 e. The van der Waals surface area contributed by atoms with Gasteiger partial charge in [0.1, 0.15) is 0 Å². The molecule has 0 bridgehead atoms. The molecular formula is C9H14O3. The van der Waals surface area contributed by atoms with E-state index in [9.17, 15) is 4.79 Å². The molecule has 0 amide bonds. The number of esters is 1. The molecule has 0 spiro atoms. The molecule has 0 fully saturated rings. The van der Waals surface area contributed by atoms with Crippen LogP contribution in [0.2, 0.25) is 0 Å². The van der Waals surface area contributed by atoms with Crippen LogP contribution in [0.4, 0.5) is 0 Å². The Kier molecular flexibility index (Phi) is 7.03. The maximum atomic E-state index is 10.2. The summed E-state index contributed by atoms with van der Waals surface area (Å²) in [4.78, 5) is 10.2. The van der Waals surface area contributed by atoms with Crippen LogP contribution >= 0.6 is 0 Å². The fraction of sp³-hybridized carbons (Fsp3) is 0.444. The molecule has 1 heterocycles. The molecular weight excluding hydrogens is 156 g/mol. The van der Waals surface area contributed by atoms with Gasteiger partial charge in [-0.05, 0) is 19.1 Å². The Morgan fingerprint density at radius 3 is 2.08 bits per heavy atom. The van der Waals surface area contributed by atoms with Crippen molar-refractivity contribution in [3.63, 3.8) is 0 Å². The quantitative estimate of drug-likeness (QED) is 0.639. The molecule has 68 valence electrons. The van der Waals surface area contributed by atoms with E-state index in [1.165, 1.54) is 0 Å². The average Bonchev–Trinajstić information content (AvgIpc) is 2.62. The highest BCUT2D eigenvalue weighted by Gasteiger charge is 1.91. The summed E-state index contributed by atoms with van der Waals surface area (Å²) in [7, 11) is 0. The predicted octanol–water partition coefficient (Wildman–Crippen LogP) is 2.24. The monoisotopic (exact) mass is 170 g/mol. The Morgan fingerprint density at radius 1 is 1.33 bits per heavy atom. The second-order valence-electron chi connectivity index (χ2n) is 1.95. The Hall–Kier alpha value is -1.25. The summed E-state index contributed by atoms with van der Waals surface area (Å²) in [6, 6.07) is 3.67. The lowest BCUT2D eigenvalue weighted by Crippen LogP contribution is -2.00. The molecule has 1 aromatic rings. The van der Waals surface area contributed by atoms with Gasteiger partial charge in [-0.1, -0.05) is 6.92 Å². The topological polar surface area (TPSA) is 39.4 Å². The van der Waals surface area contributed by atoms with Crippen LogP contribution in [0.15, 0.2) is 29.1 Å². The highest BCUT2D eigenvalue weighted by Crippen LogP contribution is 1.80. The number of hydrogen-bond donors (Lipinski definition) is 0. The highest BCUT2D eigenvalue weighted by molar-refractivity contribution is 5.68. The highest BCUT2D eigenvalue weighted by atomic mass is 16.5. The minimum atomic E-state index is -0.123. The van der Waals surface area contributed by atoms with E-state index in [1.807, 2.05) is 12.1 Å². The number of carbonyl (C=O) groups excluding carboxylic acids is 1. The SMILES string of the molecule is CCOC(=O)CC.c1ccoc1. The summed E-state index contributed by atoms with van der Waals surface area (Å²) in [5, 5.41) is 0. The third kappa shape index (κ3) is 6.86. The molecule has 12 heavy (non-hydrogen) atoms. The van der Waals surface area contributed by atoms with E-state index >= 15 is 0 Å². The fourth-order valence-corrected chi connectivity index (χ4v) is 0.490. The van der Waals surface area contributed by atoms with E-state index < -0.39 is 0 Å². The molecule has 0 aliphatic heterocycles. The third-order valence-electron chi connectivity index (χ3n) is 1.02. The summed E-state index contributed by atoms with van der Waals surface area (Å²) in [6.45, 7) is 4.07. The molecule has 0 N–H and O–H groups in total. The predicted molar refractivity (Wildman–Crippen MR) is 45.6 cm³/mol. The first kappa shape index (κ1) is 10.8. The summed E-state index contributed by atoms with van der Waals surface area (Å²) >= 11 is 0. The van der Waals surface area contributed by atoms with E-state index in [4.69, 9.17) is 0 Å². The van der Waals surface area contributed by atoms with Crippen molar-refractivity contribution in [2.24, 2.45) is 0 Å². The fourth-order valence-electron chi connectivity index (χ4n) is 0.490. The van der Waals surface area contributed by atoms with Crippen LogP contribution in [0.25, 0.3) is 0 Å². The van der Waals surface area contributed by atoms with Crippen molar-refractivity contribution in [2.45, 2.75) is 20.3 Å². The summed E-state index contributed by atoms with van der Waals surface area (Å²) in [5.74, 6) is -0.123. The second kappa shape index (κ2) is 7.85. The Labute approximate surface area is 72.3 Å². The number of carbonyl (C=O) groups is 1. The first-order chi connectivity index (χ1) is 5.81. The van der Waals surface area contributed by atoms with Crippen LogP contribution in [0, 0.1) is 0 Å². The molecule has 0 aliphatic carbocycles. The molecule has 0 radical (unpaired) electrons. The standard InChI is InChI=1S/C5H10O2.C4H4O/c1-3-5(6)7-4-2;1-2-4-5-3-1/h3-4H2,1-2H3;1-4H. The van der Waals surface area contributed by atoms with Gasteiger partial charge in [0.2, 0.25) is 0 Å². The molecule has 0 unspecified atom stereocenters.